The number of carbonyl (C=O) groups excluding carboxylic acids is 1. The quantitative estimate of drug-likeness (QED) is 0.833. The molecule has 17 heavy (non-hydrogen) atoms. The van der Waals surface area contributed by atoms with Crippen LogP contribution in [0.4, 0.5) is 4.39 Å². The number of benzene rings is 1. The Morgan fingerprint density at radius 1 is 1.47 bits per heavy atom. The fourth-order valence-electron chi connectivity index (χ4n) is 1.74. The van der Waals surface area contributed by atoms with E-state index in [1.807, 2.05) is 13.8 Å². The Labute approximate surface area is 109 Å². The van der Waals surface area contributed by atoms with Crippen LogP contribution in [0.5, 0.6) is 0 Å². The zero-order chi connectivity index (χ0) is 13.0. The van der Waals surface area contributed by atoms with E-state index in [-0.39, 0.29) is 23.9 Å². The molecule has 94 valence electrons. The van der Waals surface area contributed by atoms with Crippen LogP contribution < -0.4 is 0 Å². The molecule has 1 aromatic rings. The number of ether oxygens (including phenoxy) is 1. The van der Waals surface area contributed by atoms with E-state index < -0.39 is 6.10 Å². The molecule has 0 aliphatic carbocycles. The molecule has 1 atom stereocenters. The molecule has 0 aliphatic heterocycles. The lowest BCUT2D eigenvalue weighted by molar-refractivity contribution is -0.130. The first-order chi connectivity index (χ1) is 7.95. The van der Waals surface area contributed by atoms with Crippen molar-refractivity contribution in [2.45, 2.75) is 26.4 Å². The second-order valence-corrected chi connectivity index (χ2v) is 5.13. The molecule has 0 saturated carbocycles. The van der Waals surface area contributed by atoms with Gasteiger partial charge < -0.3 is 4.74 Å². The van der Waals surface area contributed by atoms with E-state index in [0.717, 1.165) is 4.47 Å². The smallest absolute Gasteiger partial charge is 0.166 e. The molecule has 0 saturated heterocycles. The normalized spacial score (nSPS) is 12.8. The molecule has 0 aromatic heterocycles. The molecule has 2 nitrogen and oxygen atoms in total. The molecule has 1 rings (SSSR count). The Kier molecular flexibility index (Phi) is 5.28. The van der Waals surface area contributed by atoms with E-state index in [4.69, 9.17) is 4.74 Å². The van der Waals surface area contributed by atoms with Crippen molar-refractivity contribution in [1.29, 1.82) is 0 Å². The minimum atomic E-state index is -0.440. The molecule has 0 N–H and O–H groups in total. The highest BCUT2D eigenvalue weighted by Crippen LogP contribution is 2.20. The highest BCUT2D eigenvalue weighted by molar-refractivity contribution is 9.10. The van der Waals surface area contributed by atoms with E-state index in [1.165, 1.54) is 19.2 Å². The van der Waals surface area contributed by atoms with Crippen molar-refractivity contribution < 1.29 is 13.9 Å². The molecule has 1 aromatic carbocycles. The molecule has 1 unspecified atom stereocenters. The maximum Gasteiger partial charge on any atom is 0.166 e. The zero-order valence-electron chi connectivity index (χ0n) is 10.2. The number of hydrogen-bond donors (Lipinski definition) is 0. The summed E-state index contributed by atoms with van der Waals surface area (Å²) in [6, 6.07) is 4.33. The fraction of sp³-hybridized carbons (Fsp3) is 0.462. The van der Waals surface area contributed by atoms with Gasteiger partial charge in [-0.25, -0.2) is 4.39 Å². The third kappa shape index (κ3) is 3.89. The summed E-state index contributed by atoms with van der Waals surface area (Å²) in [5.74, 6) is -0.261. The van der Waals surface area contributed by atoms with Crippen molar-refractivity contribution in [3.8, 4) is 0 Å². The van der Waals surface area contributed by atoms with Crippen LogP contribution in [0.2, 0.25) is 0 Å². The van der Waals surface area contributed by atoms with Crippen molar-refractivity contribution in [2.75, 3.05) is 7.11 Å². The second-order valence-electron chi connectivity index (χ2n) is 4.28. The summed E-state index contributed by atoms with van der Waals surface area (Å²) in [5.41, 5.74) is 0.651. The van der Waals surface area contributed by atoms with Gasteiger partial charge in [0.1, 0.15) is 11.9 Å². The van der Waals surface area contributed by atoms with Crippen molar-refractivity contribution in [3.63, 3.8) is 0 Å². The van der Waals surface area contributed by atoms with Crippen LogP contribution in [0.1, 0.15) is 19.4 Å². The minimum Gasteiger partial charge on any atom is -0.373 e. The molecular formula is C13H16BrFO2. The summed E-state index contributed by atoms with van der Waals surface area (Å²) < 4.78 is 19.0. The molecule has 0 amide bonds. The predicted molar refractivity (Wildman–Crippen MR) is 68.4 cm³/mol. The standard InChI is InChI=1S/C13H16BrFO2/c1-8(2)13(17-3)12(16)7-9-6-10(15)4-5-11(9)14/h4-6,8,13H,7H2,1-3H3. The van der Waals surface area contributed by atoms with Gasteiger partial charge in [0, 0.05) is 18.0 Å². The number of halogens is 2. The van der Waals surface area contributed by atoms with Crippen molar-refractivity contribution in [3.05, 3.63) is 34.1 Å². The first kappa shape index (κ1) is 14.3. The Balaban J connectivity index is 2.83. The molecule has 0 bridgehead atoms. The van der Waals surface area contributed by atoms with E-state index in [1.54, 1.807) is 6.07 Å². The van der Waals surface area contributed by atoms with Crippen molar-refractivity contribution >= 4 is 21.7 Å². The first-order valence-corrected chi connectivity index (χ1v) is 6.24. The summed E-state index contributed by atoms with van der Waals surface area (Å²) in [6.07, 6.45) is -0.264. The summed E-state index contributed by atoms with van der Waals surface area (Å²) in [4.78, 5) is 12.0. The van der Waals surface area contributed by atoms with Crippen LogP contribution in [0.3, 0.4) is 0 Å². The molecule has 0 fully saturated rings. The molecular weight excluding hydrogens is 287 g/mol. The third-order valence-electron chi connectivity index (χ3n) is 2.55. The summed E-state index contributed by atoms with van der Waals surface area (Å²) in [6.45, 7) is 3.85. The van der Waals surface area contributed by atoms with Gasteiger partial charge in [0.05, 0.1) is 0 Å². The lowest BCUT2D eigenvalue weighted by Crippen LogP contribution is -2.30. The Morgan fingerprint density at radius 3 is 2.65 bits per heavy atom. The van der Waals surface area contributed by atoms with E-state index in [9.17, 15) is 9.18 Å². The van der Waals surface area contributed by atoms with Crippen LogP contribution in [0.25, 0.3) is 0 Å². The van der Waals surface area contributed by atoms with Gasteiger partial charge in [0.2, 0.25) is 0 Å². The van der Waals surface area contributed by atoms with Gasteiger partial charge in [-0.1, -0.05) is 29.8 Å². The monoisotopic (exact) mass is 302 g/mol. The maximum absolute atomic E-state index is 13.1. The van der Waals surface area contributed by atoms with E-state index in [2.05, 4.69) is 15.9 Å². The average Bonchev–Trinajstić information content (AvgIpc) is 2.24. The van der Waals surface area contributed by atoms with Gasteiger partial charge in [-0.05, 0) is 29.7 Å². The molecule has 4 heteroatoms. The number of Topliss-reactive ketones (excluding diaryl/α,β-unsaturated/α-hetero) is 1. The van der Waals surface area contributed by atoms with Gasteiger partial charge in [-0.2, -0.15) is 0 Å². The average molecular weight is 303 g/mol. The van der Waals surface area contributed by atoms with Gasteiger partial charge >= 0.3 is 0 Å². The Morgan fingerprint density at radius 2 is 2.12 bits per heavy atom. The van der Waals surface area contributed by atoms with Crippen LogP contribution in [-0.2, 0) is 16.0 Å². The number of ketones is 1. The van der Waals surface area contributed by atoms with Crippen LogP contribution in [0.15, 0.2) is 22.7 Å². The lowest BCUT2D eigenvalue weighted by atomic mass is 9.98. The fourth-order valence-corrected chi connectivity index (χ4v) is 2.13. The van der Waals surface area contributed by atoms with Gasteiger partial charge in [-0.15, -0.1) is 0 Å². The highest BCUT2D eigenvalue weighted by atomic mass is 79.9. The minimum absolute atomic E-state index is 0.0335. The second kappa shape index (κ2) is 6.26. The Hall–Kier alpha value is -0.740. The van der Waals surface area contributed by atoms with Crippen LogP contribution in [0, 0.1) is 11.7 Å². The largest absolute Gasteiger partial charge is 0.373 e. The molecule has 0 aliphatic rings. The predicted octanol–water partition coefficient (Wildman–Crippen LogP) is 3.37. The number of hydrogen-bond acceptors (Lipinski definition) is 2. The van der Waals surface area contributed by atoms with Gasteiger partial charge in [0.15, 0.2) is 5.78 Å². The van der Waals surface area contributed by atoms with E-state index >= 15 is 0 Å². The number of carbonyl (C=O) groups is 1. The van der Waals surface area contributed by atoms with Crippen molar-refractivity contribution in [1.82, 2.24) is 0 Å². The highest BCUT2D eigenvalue weighted by Gasteiger charge is 2.22. The molecule has 0 spiro atoms. The van der Waals surface area contributed by atoms with Crippen molar-refractivity contribution in [2.24, 2.45) is 5.92 Å². The molecule has 0 radical (unpaired) electrons. The maximum atomic E-state index is 13.1. The lowest BCUT2D eigenvalue weighted by Gasteiger charge is -2.18. The SMILES string of the molecule is COC(C(=O)Cc1cc(F)ccc1Br)C(C)C. The van der Waals surface area contributed by atoms with Gasteiger partial charge in [0.25, 0.3) is 0 Å². The zero-order valence-corrected chi connectivity index (χ0v) is 11.8. The van der Waals surface area contributed by atoms with E-state index in [0.29, 0.717) is 5.56 Å². The first-order valence-electron chi connectivity index (χ1n) is 5.45. The summed E-state index contributed by atoms with van der Waals surface area (Å²) in [7, 11) is 1.52. The topological polar surface area (TPSA) is 26.3 Å². The Bertz CT molecular complexity index is 404. The van der Waals surface area contributed by atoms with Crippen LogP contribution >= 0.6 is 15.9 Å². The van der Waals surface area contributed by atoms with Gasteiger partial charge in [-0.3, -0.25) is 4.79 Å². The molecule has 0 heterocycles. The third-order valence-corrected chi connectivity index (χ3v) is 3.32. The summed E-state index contributed by atoms with van der Waals surface area (Å²) >= 11 is 3.31. The summed E-state index contributed by atoms with van der Waals surface area (Å²) in [5, 5.41) is 0. The number of rotatable bonds is 5. The number of methoxy groups -OCH3 is 1. The van der Waals surface area contributed by atoms with Crippen LogP contribution in [-0.4, -0.2) is 19.0 Å².